The number of rotatable bonds is 8. The Morgan fingerprint density at radius 3 is 2.06 bits per heavy atom. The van der Waals surface area contributed by atoms with Crippen molar-refractivity contribution in [3.05, 3.63) is 11.6 Å². The molecular formula is C10H19O5P. The smallest absolute Gasteiger partial charge is 0.334 e. The summed E-state index contributed by atoms with van der Waals surface area (Å²) in [6.45, 7) is 5.71. The highest BCUT2D eigenvalue weighted by Crippen LogP contribution is 2.48. The summed E-state index contributed by atoms with van der Waals surface area (Å²) >= 11 is 0. The summed E-state index contributed by atoms with van der Waals surface area (Å²) in [7, 11) is -3.17. The lowest BCUT2D eigenvalue weighted by Crippen LogP contribution is -2.03. The molecule has 0 radical (unpaired) electrons. The maximum atomic E-state index is 12.0. The van der Waals surface area contributed by atoms with E-state index in [1.807, 2.05) is 0 Å². The Bertz CT molecular complexity index is 288. The van der Waals surface area contributed by atoms with Crippen molar-refractivity contribution in [2.24, 2.45) is 0 Å². The van der Waals surface area contributed by atoms with Gasteiger partial charge in [-0.2, -0.15) is 0 Å². The van der Waals surface area contributed by atoms with Crippen molar-refractivity contribution < 1.29 is 23.5 Å². The summed E-state index contributed by atoms with van der Waals surface area (Å²) in [6.07, 6.45) is 1.80. The highest BCUT2D eigenvalue weighted by atomic mass is 31.2. The zero-order valence-electron chi connectivity index (χ0n) is 9.93. The zero-order valence-corrected chi connectivity index (χ0v) is 10.8. The third-order valence-corrected chi connectivity index (χ3v) is 3.80. The van der Waals surface area contributed by atoms with Gasteiger partial charge in [0.15, 0.2) is 0 Å². The first kappa shape index (κ1) is 15.4. The number of carbonyl (C=O) groups is 1. The molecule has 0 fully saturated rings. The van der Waals surface area contributed by atoms with Gasteiger partial charge in [0.05, 0.1) is 19.4 Å². The normalized spacial score (nSPS) is 12.8. The van der Waals surface area contributed by atoms with Crippen molar-refractivity contribution in [1.29, 1.82) is 0 Å². The minimum atomic E-state index is -3.17. The van der Waals surface area contributed by atoms with Crippen molar-refractivity contribution in [3.63, 3.8) is 0 Å². The fourth-order valence-electron chi connectivity index (χ4n) is 1.14. The lowest BCUT2D eigenvalue weighted by atomic mass is 10.2. The second-order valence-electron chi connectivity index (χ2n) is 3.02. The van der Waals surface area contributed by atoms with Crippen molar-refractivity contribution in [2.45, 2.75) is 27.2 Å². The fourth-order valence-corrected chi connectivity index (χ4v) is 2.66. The summed E-state index contributed by atoms with van der Waals surface area (Å²) in [5, 5.41) is 8.79. The molecule has 0 atom stereocenters. The minimum Gasteiger partial charge on any atom is -0.478 e. The second kappa shape index (κ2) is 7.60. The van der Waals surface area contributed by atoms with Crippen molar-refractivity contribution in [3.8, 4) is 0 Å². The highest BCUT2D eigenvalue weighted by molar-refractivity contribution is 7.54. The van der Waals surface area contributed by atoms with E-state index in [9.17, 15) is 9.36 Å². The molecular weight excluding hydrogens is 231 g/mol. The van der Waals surface area contributed by atoms with E-state index in [1.54, 1.807) is 20.8 Å². The topological polar surface area (TPSA) is 72.8 Å². The highest BCUT2D eigenvalue weighted by Gasteiger charge is 2.22. The van der Waals surface area contributed by atoms with E-state index < -0.39 is 13.6 Å². The molecule has 16 heavy (non-hydrogen) atoms. The van der Waals surface area contributed by atoms with Gasteiger partial charge in [-0.15, -0.1) is 0 Å². The summed E-state index contributed by atoms with van der Waals surface area (Å²) in [4.78, 5) is 10.7. The van der Waals surface area contributed by atoms with E-state index in [-0.39, 0.29) is 24.9 Å². The molecule has 0 saturated heterocycles. The van der Waals surface area contributed by atoms with Gasteiger partial charge >= 0.3 is 13.6 Å². The van der Waals surface area contributed by atoms with Gasteiger partial charge in [0, 0.05) is 5.57 Å². The van der Waals surface area contributed by atoms with Crippen LogP contribution in [0.25, 0.3) is 0 Å². The Labute approximate surface area is 96.0 Å². The molecule has 0 heterocycles. The average Bonchev–Trinajstić information content (AvgIpc) is 2.18. The van der Waals surface area contributed by atoms with Crippen LogP contribution < -0.4 is 0 Å². The van der Waals surface area contributed by atoms with E-state index in [4.69, 9.17) is 14.2 Å². The number of hydrogen-bond donors (Lipinski definition) is 1. The van der Waals surface area contributed by atoms with E-state index in [0.717, 1.165) is 0 Å². The summed E-state index contributed by atoms with van der Waals surface area (Å²) < 4.78 is 22.1. The maximum absolute atomic E-state index is 12.0. The standard InChI is InChI=1S/C10H19O5P/c1-4-9(10(11)12)7-8-16(13,14-5-2)15-6-3/h7H,4-6,8H2,1-3H3,(H,11,12). The molecule has 6 heteroatoms. The predicted octanol–water partition coefficient (Wildman–Crippen LogP) is 2.67. The van der Waals surface area contributed by atoms with Crippen LogP contribution in [0, 0.1) is 0 Å². The number of hydrogen-bond acceptors (Lipinski definition) is 4. The predicted molar refractivity (Wildman–Crippen MR) is 61.7 cm³/mol. The molecule has 5 nitrogen and oxygen atoms in total. The Kier molecular flexibility index (Phi) is 7.30. The van der Waals surface area contributed by atoms with Gasteiger partial charge in [0.25, 0.3) is 0 Å². The van der Waals surface area contributed by atoms with Crippen LogP contribution in [-0.2, 0) is 18.4 Å². The van der Waals surface area contributed by atoms with E-state index in [2.05, 4.69) is 0 Å². The van der Waals surface area contributed by atoms with Crippen LogP contribution in [-0.4, -0.2) is 30.5 Å². The lowest BCUT2D eigenvalue weighted by molar-refractivity contribution is -0.132. The van der Waals surface area contributed by atoms with E-state index in [0.29, 0.717) is 6.42 Å². The molecule has 0 unspecified atom stereocenters. The lowest BCUT2D eigenvalue weighted by Gasteiger charge is -2.15. The maximum Gasteiger partial charge on any atom is 0.334 e. The Balaban J connectivity index is 4.63. The Morgan fingerprint density at radius 1 is 1.25 bits per heavy atom. The number of aliphatic carboxylic acids is 1. The monoisotopic (exact) mass is 250 g/mol. The molecule has 0 aliphatic carbocycles. The zero-order chi connectivity index (χ0) is 12.6. The van der Waals surface area contributed by atoms with Gasteiger partial charge in [-0.25, -0.2) is 4.79 Å². The Morgan fingerprint density at radius 2 is 1.75 bits per heavy atom. The molecule has 0 amide bonds. The van der Waals surface area contributed by atoms with Crippen molar-refractivity contribution in [2.75, 3.05) is 19.4 Å². The summed E-state index contributed by atoms with van der Waals surface area (Å²) in [5.74, 6) is -0.998. The SMILES string of the molecule is CCOP(=O)(CC=C(CC)C(=O)O)OCC. The largest absolute Gasteiger partial charge is 0.478 e. The van der Waals surface area contributed by atoms with Crippen LogP contribution in [0.1, 0.15) is 27.2 Å². The number of carboxylic acid groups (broad SMARTS) is 1. The number of carboxylic acids is 1. The van der Waals surface area contributed by atoms with Crippen LogP contribution in [0.2, 0.25) is 0 Å². The van der Waals surface area contributed by atoms with E-state index >= 15 is 0 Å². The van der Waals surface area contributed by atoms with Crippen LogP contribution >= 0.6 is 7.60 Å². The van der Waals surface area contributed by atoms with Crippen LogP contribution in [0.4, 0.5) is 0 Å². The number of allylic oxidation sites excluding steroid dienone is 1. The van der Waals surface area contributed by atoms with Gasteiger partial charge in [0.2, 0.25) is 0 Å². The molecule has 0 aromatic heterocycles. The third-order valence-electron chi connectivity index (χ3n) is 1.87. The molecule has 0 rings (SSSR count). The Hall–Kier alpha value is -0.640. The third kappa shape index (κ3) is 5.45. The second-order valence-corrected chi connectivity index (χ2v) is 5.12. The molecule has 1 N–H and O–H groups in total. The quantitative estimate of drug-likeness (QED) is 0.529. The molecule has 0 bridgehead atoms. The minimum absolute atomic E-state index is 0.00412. The average molecular weight is 250 g/mol. The molecule has 0 saturated carbocycles. The first-order valence-electron chi connectivity index (χ1n) is 5.29. The van der Waals surface area contributed by atoms with Gasteiger partial charge < -0.3 is 14.2 Å². The van der Waals surface area contributed by atoms with Crippen molar-refractivity contribution in [1.82, 2.24) is 0 Å². The van der Waals surface area contributed by atoms with Crippen LogP contribution in [0.5, 0.6) is 0 Å². The molecule has 0 aliphatic heterocycles. The fraction of sp³-hybridized carbons (Fsp3) is 0.700. The van der Waals surface area contributed by atoms with Gasteiger partial charge in [0.1, 0.15) is 0 Å². The van der Waals surface area contributed by atoms with Crippen LogP contribution in [0.15, 0.2) is 11.6 Å². The molecule has 0 aromatic rings. The summed E-state index contributed by atoms with van der Waals surface area (Å²) in [6, 6.07) is 0. The first-order chi connectivity index (χ1) is 7.49. The molecule has 0 aromatic carbocycles. The van der Waals surface area contributed by atoms with E-state index in [1.165, 1.54) is 6.08 Å². The first-order valence-corrected chi connectivity index (χ1v) is 7.02. The van der Waals surface area contributed by atoms with Gasteiger partial charge in [-0.3, -0.25) is 4.57 Å². The summed E-state index contributed by atoms with van der Waals surface area (Å²) in [5.41, 5.74) is 0.222. The van der Waals surface area contributed by atoms with Gasteiger partial charge in [-0.05, 0) is 20.3 Å². The molecule has 94 valence electrons. The van der Waals surface area contributed by atoms with Crippen LogP contribution in [0.3, 0.4) is 0 Å². The van der Waals surface area contributed by atoms with Gasteiger partial charge in [-0.1, -0.05) is 13.0 Å². The molecule has 0 spiro atoms. The molecule has 0 aliphatic rings. The van der Waals surface area contributed by atoms with Crippen molar-refractivity contribution >= 4 is 13.6 Å².